The van der Waals surface area contributed by atoms with Gasteiger partial charge in [0.1, 0.15) is 17.1 Å². The summed E-state index contributed by atoms with van der Waals surface area (Å²) >= 11 is 0. The monoisotopic (exact) mass is 377 g/mol. The molecule has 1 amide bonds. The number of esters is 1. The number of aliphatic hydroxyl groups excluding tert-OH is 1. The summed E-state index contributed by atoms with van der Waals surface area (Å²) in [4.78, 5) is 25.2. The highest BCUT2D eigenvalue weighted by molar-refractivity contribution is 6.27. The van der Waals surface area contributed by atoms with Gasteiger partial charge in [-0.2, -0.15) is 0 Å². The molecule has 1 saturated carbocycles. The smallest absolute Gasteiger partial charge is 0.408 e. The van der Waals surface area contributed by atoms with Crippen LogP contribution < -0.4 is 4.74 Å². The third-order valence-electron chi connectivity index (χ3n) is 5.28. The number of fused-ring (bicyclic) bond motifs is 1. The molecule has 28 heavy (non-hydrogen) atoms. The third-order valence-corrected chi connectivity index (χ3v) is 5.28. The van der Waals surface area contributed by atoms with Crippen LogP contribution in [0.25, 0.3) is 11.3 Å². The van der Waals surface area contributed by atoms with E-state index in [-0.39, 0.29) is 17.9 Å². The van der Waals surface area contributed by atoms with Crippen LogP contribution in [0.3, 0.4) is 0 Å². The largest absolute Gasteiger partial charge is 0.506 e. The van der Waals surface area contributed by atoms with E-state index < -0.39 is 17.6 Å². The summed E-state index contributed by atoms with van der Waals surface area (Å²) in [6, 6.07) is 13.9. The number of para-hydroxylation sites is 1. The van der Waals surface area contributed by atoms with E-state index in [1.54, 1.807) is 54.6 Å². The van der Waals surface area contributed by atoms with Gasteiger partial charge in [0.05, 0.1) is 5.54 Å². The molecule has 2 aromatic carbocycles. The Morgan fingerprint density at radius 2 is 1.82 bits per heavy atom. The summed E-state index contributed by atoms with van der Waals surface area (Å²) < 4.78 is 5.20. The molecule has 1 heterocycles. The highest BCUT2D eigenvalue weighted by Crippen LogP contribution is 2.51. The highest BCUT2D eigenvalue weighted by atomic mass is 16.5. The van der Waals surface area contributed by atoms with Crippen LogP contribution in [-0.2, 0) is 10.3 Å². The van der Waals surface area contributed by atoms with Crippen molar-refractivity contribution in [2.75, 3.05) is 6.54 Å². The lowest BCUT2D eigenvalue weighted by Crippen LogP contribution is -2.39. The third kappa shape index (κ3) is 2.74. The number of carboxylic acid groups (broad SMARTS) is 1. The number of rotatable bonds is 5. The van der Waals surface area contributed by atoms with Crippen LogP contribution in [0.15, 0.2) is 61.2 Å². The quantitative estimate of drug-likeness (QED) is 0.268. The molecule has 1 aliphatic carbocycles. The zero-order valence-electron chi connectivity index (χ0n) is 15.1. The second-order valence-electron chi connectivity index (χ2n) is 6.90. The first kappa shape index (κ1) is 17.9. The molecule has 6 heteroatoms. The van der Waals surface area contributed by atoms with Gasteiger partial charge in [-0.25, -0.2) is 9.59 Å². The lowest BCUT2D eigenvalue weighted by Gasteiger charge is -2.29. The number of carbonyl (C=O) groups excluding carboxylic acids is 1. The van der Waals surface area contributed by atoms with E-state index >= 15 is 0 Å². The molecule has 2 aliphatic rings. The van der Waals surface area contributed by atoms with Crippen molar-refractivity contribution in [3.8, 4) is 5.75 Å². The zero-order chi connectivity index (χ0) is 19.9. The Hall–Kier alpha value is -3.54. The van der Waals surface area contributed by atoms with E-state index in [2.05, 4.69) is 6.58 Å². The lowest BCUT2D eigenvalue weighted by atomic mass is 9.98. The molecular weight excluding hydrogens is 358 g/mol. The fourth-order valence-electron chi connectivity index (χ4n) is 3.73. The van der Waals surface area contributed by atoms with Crippen LogP contribution in [0.2, 0.25) is 0 Å². The Balaban J connectivity index is 1.69. The Morgan fingerprint density at radius 3 is 2.43 bits per heavy atom. The Labute approximate surface area is 162 Å². The fourth-order valence-corrected chi connectivity index (χ4v) is 3.73. The molecule has 0 saturated heterocycles. The first-order chi connectivity index (χ1) is 13.5. The fraction of sp³-hybridized carbons (Fsp3) is 0.182. The second kappa shape index (κ2) is 6.56. The van der Waals surface area contributed by atoms with Crippen LogP contribution in [0, 0.1) is 0 Å². The average molecular weight is 377 g/mol. The molecule has 1 fully saturated rings. The van der Waals surface area contributed by atoms with E-state index in [1.807, 2.05) is 0 Å². The molecule has 6 nitrogen and oxygen atoms in total. The molecular formula is C22H19NO5. The van der Waals surface area contributed by atoms with Crippen LogP contribution in [0.5, 0.6) is 5.75 Å². The van der Waals surface area contributed by atoms with Crippen molar-refractivity contribution in [2.24, 2.45) is 0 Å². The zero-order valence-corrected chi connectivity index (χ0v) is 15.1. The molecule has 4 rings (SSSR count). The molecule has 1 aliphatic heterocycles. The van der Waals surface area contributed by atoms with Gasteiger partial charge in [-0.1, -0.05) is 48.5 Å². The topological polar surface area (TPSA) is 87.1 Å². The summed E-state index contributed by atoms with van der Waals surface area (Å²) in [5.41, 5.74) is 1.45. The van der Waals surface area contributed by atoms with Gasteiger partial charge >= 0.3 is 12.1 Å². The summed E-state index contributed by atoms with van der Waals surface area (Å²) in [5, 5.41) is 20.2. The Bertz CT molecular complexity index is 1000. The van der Waals surface area contributed by atoms with E-state index in [0.717, 1.165) is 18.4 Å². The maximum absolute atomic E-state index is 12.2. The molecule has 0 radical (unpaired) electrons. The number of carbonyl (C=O) groups is 2. The maximum Gasteiger partial charge on any atom is 0.408 e. The van der Waals surface area contributed by atoms with Gasteiger partial charge in [0, 0.05) is 17.7 Å². The standard InChI is InChI=1S/C22H19NO5/c1-2-13-23(21(26)27)22(11-12-22)15-9-7-14(8-10-15)19(24)18-16-5-3-4-6-17(16)28-20(18)25/h2-10,24H,1,11-13H2,(H,26,27). The van der Waals surface area contributed by atoms with Crippen LogP contribution in [0.1, 0.15) is 29.5 Å². The molecule has 0 bridgehead atoms. The molecule has 2 aromatic rings. The van der Waals surface area contributed by atoms with Crippen molar-refractivity contribution >= 4 is 23.4 Å². The van der Waals surface area contributed by atoms with Crippen molar-refractivity contribution in [2.45, 2.75) is 18.4 Å². The number of nitrogens with zero attached hydrogens (tertiary/aromatic N) is 1. The number of hydrogen-bond acceptors (Lipinski definition) is 4. The normalized spacial score (nSPS) is 18.1. The number of benzene rings is 2. The van der Waals surface area contributed by atoms with Crippen LogP contribution in [-0.4, -0.2) is 33.7 Å². The molecule has 142 valence electrons. The number of hydrogen-bond donors (Lipinski definition) is 2. The average Bonchev–Trinajstić information content (AvgIpc) is 3.42. The minimum atomic E-state index is -0.989. The van der Waals surface area contributed by atoms with Crippen molar-refractivity contribution in [1.82, 2.24) is 4.90 Å². The van der Waals surface area contributed by atoms with E-state index in [9.17, 15) is 19.8 Å². The first-order valence-corrected chi connectivity index (χ1v) is 8.95. The number of amides is 1. The second-order valence-corrected chi connectivity index (χ2v) is 6.90. The van der Waals surface area contributed by atoms with Crippen molar-refractivity contribution < 1.29 is 24.5 Å². The Kier molecular flexibility index (Phi) is 4.19. The summed E-state index contributed by atoms with van der Waals surface area (Å²) in [6.45, 7) is 3.88. The minimum Gasteiger partial charge on any atom is -0.506 e. The van der Waals surface area contributed by atoms with Crippen molar-refractivity contribution in [3.05, 3.63) is 77.9 Å². The van der Waals surface area contributed by atoms with Crippen LogP contribution in [0.4, 0.5) is 4.79 Å². The van der Waals surface area contributed by atoms with Crippen LogP contribution >= 0.6 is 0 Å². The van der Waals surface area contributed by atoms with Gasteiger partial charge in [0.15, 0.2) is 0 Å². The van der Waals surface area contributed by atoms with Crippen molar-refractivity contribution in [3.63, 3.8) is 0 Å². The van der Waals surface area contributed by atoms with Gasteiger partial charge in [0.25, 0.3) is 0 Å². The van der Waals surface area contributed by atoms with E-state index in [1.165, 1.54) is 4.90 Å². The molecule has 0 spiro atoms. The van der Waals surface area contributed by atoms with Gasteiger partial charge in [0.2, 0.25) is 0 Å². The summed E-state index contributed by atoms with van der Waals surface area (Å²) in [5.74, 6) is -0.332. The van der Waals surface area contributed by atoms with Gasteiger partial charge in [-0.15, -0.1) is 6.58 Å². The predicted octanol–water partition coefficient (Wildman–Crippen LogP) is 4.19. The summed E-state index contributed by atoms with van der Waals surface area (Å²) in [7, 11) is 0. The number of aliphatic hydroxyl groups is 1. The molecule has 0 atom stereocenters. The minimum absolute atomic E-state index is 0.128. The first-order valence-electron chi connectivity index (χ1n) is 8.95. The maximum atomic E-state index is 12.2. The van der Waals surface area contributed by atoms with Gasteiger partial charge < -0.3 is 14.9 Å². The van der Waals surface area contributed by atoms with E-state index in [0.29, 0.717) is 16.9 Å². The molecule has 0 aromatic heterocycles. The highest BCUT2D eigenvalue weighted by Gasteiger charge is 2.51. The molecule has 2 N–H and O–H groups in total. The van der Waals surface area contributed by atoms with Gasteiger partial charge in [-0.05, 0) is 24.5 Å². The SMILES string of the molecule is C=CCN(C(=O)O)C1(c2ccc(C(O)=C3C(=O)Oc4ccccc43)cc2)CC1. The van der Waals surface area contributed by atoms with Crippen molar-refractivity contribution in [1.29, 1.82) is 0 Å². The van der Waals surface area contributed by atoms with E-state index in [4.69, 9.17) is 4.74 Å². The number of ether oxygens (including phenoxy) is 1. The predicted molar refractivity (Wildman–Crippen MR) is 104 cm³/mol. The molecule has 0 unspecified atom stereocenters. The summed E-state index contributed by atoms with van der Waals surface area (Å²) in [6.07, 6.45) is 2.05. The Morgan fingerprint density at radius 1 is 1.14 bits per heavy atom. The lowest BCUT2D eigenvalue weighted by molar-refractivity contribution is -0.127. The van der Waals surface area contributed by atoms with Gasteiger partial charge in [-0.3, -0.25) is 4.90 Å².